The third-order valence-corrected chi connectivity index (χ3v) is 3.62. The molecule has 1 aliphatic rings. The second-order valence-corrected chi connectivity index (χ2v) is 5.17. The van der Waals surface area contributed by atoms with Crippen molar-refractivity contribution in [2.45, 2.75) is 25.5 Å². The van der Waals surface area contributed by atoms with E-state index in [9.17, 15) is 9.50 Å². The Morgan fingerprint density at radius 1 is 1.42 bits per heavy atom. The number of benzene rings is 1. The molecule has 3 rings (SSSR count). The molecule has 100 valence electrons. The zero-order valence-corrected chi connectivity index (χ0v) is 10.7. The topological polar surface area (TPSA) is 36.4 Å². The Morgan fingerprint density at radius 3 is 3.16 bits per heavy atom. The van der Waals surface area contributed by atoms with E-state index in [2.05, 4.69) is 9.88 Å². The molecule has 1 aromatic carbocycles. The predicted molar refractivity (Wildman–Crippen MR) is 72.2 cm³/mol. The third kappa shape index (κ3) is 2.74. The Hall–Kier alpha value is -1.52. The largest absolute Gasteiger partial charge is 0.392 e. The third-order valence-electron chi connectivity index (χ3n) is 3.62. The van der Waals surface area contributed by atoms with Crippen molar-refractivity contribution < 1.29 is 9.50 Å². The van der Waals surface area contributed by atoms with Crippen molar-refractivity contribution >= 4 is 10.9 Å². The summed E-state index contributed by atoms with van der Waals surface area (Å²) in [5.41, 5.74) is 1.74. The standard InChI is InChI=1S/C15H17FN2O/c16-13-7-11-3-1-5-17-15(11)12(8-13)9-18-6-2-4-14(19)10-18/h1,3,5,7-8,14,19H,2,4,6,9-10H2/t14-/m1/s1. The van der Waals surface area contributed by atoms with Crippen LogP contribution >= 0.6 is 0 Å². The molecule has 1 atom stereocenters. The highest BCUT2D eigenvalue weighted by atomic mass is 19.1. The Bertz CT molecular complexity index is 587. The molecule has 1 N–H and O–H groups in total. The molecule has 1 aromatic heterocycles. The van der Waals surface area contributed by atoms with Gasteiger partial charge in [-0.1, -0.05) is 6.07 Å². The van der Waals surface area contributed by atoms with Crippen LogP contribution in [0.25, 0.3) is 10.9 Å². The second kappa shape index (κ2) is 5.23. The lowest BCUT2D eigenvalue weighted by Gasteiger charge is -2.30. The van der Waals surface area contributed by atoms with E-state index in [4.69, 9.17) is 0 Å². The van der Waals surface area contributed by atoms with Crippen LogP contribution in [0, 0.1) is 5.82 Å². The number of hydrogen-bond acceptors (Lipinski definition) is 3. The number of halogens is 1. The molecule has 0 unspecified atom stereocenters. The molecule has 0 spiro atoms. The van der Waals surface area contributed by atoms with Crippen LogP contribution in [0.5, 0.6) is 0 Å². The number of rotatable bonds is 2. The smallest absolute Gasteiger partial charge is 0.124 e. The zero-order chi connectivity index (χ0) is 13.2. The fraction of sp³-hybridized carbons (Fsp3) is 0.400. The van der Waals surface area contributed by atoms with Crippen molar-refractivity contribution in [1.82, 2.24) is 9.88 Å². The van der Waals surface area contributed by atoms with Gasteiger partial charge >= 0.3 is 0 Å². The summed E-state index contributed by atoms with van der Waals surface area (Å²) in [5, 5.41) is 10.5. The van der Waals surface area contributed by atoms with Gasteiger partial charge in [-0.3, -0.25) is 9.88 Å². The van der Waals surface area contributed by atoms with Gasteiger partial charge in [0.2, 0.25) is 0 Å². The molecule has 2 aromatic rings. The van der Waals surface area contributed by atoms with Crippen LogP contribution in [-0.2, 0) is 6.54 Å². The van der Waals surface area contributed by atoms with Crippen LogP contribution in [0.15, 0.2) is 30.5 Å². The number of aliphatic hydroxyl groups is 1. The lowest BCUT2D eigenvalue weighted by atomic mass is 10.1. The monoisotopic (exact) mass is 260 g/mol. The predicted octanol–water partition coefficient (Wildman–Crippen LogP) is 2.33. The van der Waals surface area contributed by atoms with Gasteiger partial charge < -0.3 is 5.11 Å². The molecule has 4 heteroatoms. The summed E-state index contributed by atoms with van der Waals surface area (Å²) in [6, 6.07) is 6.75. The summed E-state index contributed by atoms with van der Waals surface area (Å²) in [5.74, 6) is -0.229. The van der Waals surface area contributed by atoms with Crippen LogP contribution in [-0.4, -0.2) is 34.2 Å². The number of aliphatic hydroxyl groups excluding tert-OH is 1. The molecule has 0 bridgehead atoms. The summed E-state index contributed by atoms with van der Waals surface area (Å²) in [6.07, 6.45) is 3.32. The maximum Gasteiger partial charge on any atom is 0.124 e. The highest BCUT2D eigenvalue weighted by Gasteiger charge is 2.18. The van der Waals surface area contributed by atoms with E-state index in [1.807, 2.05) is 12.1 Å². The molecule has 0 radical (unpaired) electrons. The molecule has 19 heavy (non-hydrogen) atoms. The molecule has 2 heterocycles. The second-order valence-electron chi connectivity index (χ2n) is 5.17. The minimum absolute atomic E-state index is 0.229. The van der Waals surface area contributed by atoms with Gasteiger partial charge in [0.15, 0.2) is 0 Å². The lowest BCUT2D eigenvalue weighted by Crippen LogP contribution is -2.37. The number of pyridine rings is 1. The molecule has 1 aliphatic heterocycles. The SMILES string of the molecule is O[C@@H]1CCCN(Cc2cc(F)cc3cccnc23)C1. The van der Waals surface area contributed by atoms with Crippen molar-refractivity contribution in [2.24, 2.45) is 0 Å². The average molecular weight is 260 g/mol. The molecular weight excluding hydrogens is 243 g/mol. The highest BCUT2D eigenvalue weighted by molar-refractivity contribution is 5.81. The van der Waals surface area contributed by atoms with Gasteiger partial charge in [-0.2, -0.15) is 0 Å². The summed E-state index contributed by atoms with van der Waals surface area (Å²) in [6.45, 7) is 2.25. The summed E-state index contributed by atoms with van der Waals surface area (Å²) in [7, 11) is 0. The van der Waals surface area contributed by atoms with Crippen molar-refractivity contribution in [3.63, 3.8) is 0 Å². The Balaban J connectivity index is 1.91. The number of aromatic nitrogens is 1. The molecule has 0 saturated carbocycles. The van der Waals surface area contributed by atoms with Crippen LogP contribution in [0.4, 0.5) is 4.39 Å². The maximum absolute atomic E-state index is 13.6. The van der Waals surface area contributed by atoms with E-state index in [1.54, 1.807) is 12.3 Å². The lowest BCUT2D eigenvalue weighted by molar-refractivity contribution is 0.0670. The number of hydrogen-bond donors (Lipinski definition) is 1. The van der Waals surface area contributed by atoms with Gasteiger partial charge in [0.25, 0.3) is 0 Å². The number of piperidine rings is 1. The van der Waals surface area contributed by atoms with E-state index in [-0.39, 0.29) is 11.9 Å². The Labute approximate surface area is 111 Å². The Morgan fingerprint density at radius 2 is 2.32 bits per heavy atom. The summed E-state index contributed by atoms with van der Waals surface area (Å²) < 4.78 is 13.6. The first-order valence-corrected chi connectivity index (χ1v) is 6.66. The molecule has 3 nitrogen and oxygen atoms in total. The molecule has 1 fully saturated rings. The van der Waals surface area contributed by atoms with Gasteiger partial charge in [0.1, 0.15) is 5.82 Å². The van der Waals surface area contributed by atoms with Gasteiger partial charge in [-0.05, 0) is 43.1 Å². The average Bonchev–Trinajstić information content (AvgIpc) is 2.38. The minimum atomic E-state index is -0.262. The highest BCUT2D eigenvalue weighted by Crippen LogP contribution is 2.21. The first kappa shape index (κ1) is 12.5. The summed E-state index contributed by atoms with van der Waals surface area (Å²) in [4.78, 5) is 6.51. The van der Waals surface area contributed by atoms with Gasteiger partial charge in [-0.25, -0.2) is 4.39 Å². The quantitative estimate of drug-likeness (QED) is 0.900. The molecular formula is C15H17FN2O. The van der Waals surface area contributed by atoms with Crippen molar-refractivity contribution in [3.8, 4) is 0 Å². The van der Waals surface area contributed by atoms with E-state index >= 15 is 0 Å². The van der Waals surface area contributed by atoms with Crippen LogP contribution in [0.3, 0.4) is 0 Å². The van der Waals surface area contributed by atoms with Crippen LogP contribution in [0.2, 0.25) is 0 Å². The zero-order valence-electron chi connectivity index (χ0n) is 10.7. The maximum atomic E-state index is 13.6. The number of fused-ring (bicyclic) bond motifs is 1. The van der Waals surface area contributed by atoms with E-state index in [1.165, 1.54) is 6.07 Å². The van der Waals surface area contributed by atoms with Crippen molar-refractivity contribution in [2.75, 3.05) is 13.1 Å². The van der Waals surface area contributed by atoms with Gasteiger partial charge in [0.05, 0.1) is 11.6 Å². The van der Waals surface area contributed by atoms with Crippen LogP contribution in [0.1, 0.15) is 18.4 Å². The fourth-order valence-electron chi connectivity index (χ4n) is 2.76. The fourth-order valence-corrected chi connectivity index (χ4v) is 2.76. The summed E-state index contributed by atoms with van der Waals surface area (Å²) >= 11 is 0. The number of nitrogens with zero attached hydrogens (tertiary/aromatic N) is 2. The number of likely N-dealkylation sites (tertiary alicyclic amines) is 1. The van der Waals surface area contributed by atoms with Gasteiger partial charge in [-0.15, -0.1) is 0 Å². The first-order valence-electron chi connectivity index (χ1n) is 6.66. The molecule has 1 saturated heterocycles. The van der Waals surface area contributed by atoms with Gasteiger partial charge in [0, 0.05) is 24.7 Å². The van der Waals surface area contributed by atoms with E-state index < -0.39 is 0 Å². The number of β-amino-alcohol motifs (C(OH)–C–C–N with tert-alkyl or cyclic N) is 1. The molecule has 0 aliphatic carbocycles. The van der Waals surface area contributed by atoms with Crippen LogP contribution < -0.4 is 0 Å². The van der Waals surface area contributed by atoms with E-state index in [0.29, 0.717) is 13.1 Å². The van der Waals surface area contributed by atoms with E-state index in [0.717, 1.165) is 35.9 Å². The van der Waals surface area contributed by atoms with Crippen molar-refractivity contribution in [3.05, 3.63) is 41.8 Å². The minimum Gasteiger partial charge on any atom is -0.392 e. The normalized spacial score (nSPS) is 20.8. The first-order chi connectivity index (χ1) is 9.22. The Kier molecular flexibility index (Phi) is 3.44. The van der Waals surface area contributed by atoms with Crippen molar-refractivity contribution in [1.29, 1.82) is 0 Å². The molecule has 0 amide bonds.